The summed E-state index contributed by atoms with van der Waals surface area (Å²) in [6, 6.07) is 27.9. The van der Waals surface area contributed by atoms with E-state index in [0.29, 0.717) is 24.4 Å². The van der Waals surface area contributed by atoms with Crippen molar-refractivity contribution in [1.82, 2.24) is 10.2 Å². The number of guanidine groups is 1. The molecule has 4 rings (SSSR count). The molecule has 0 aromatic heterocycles. The molecule has 7 heteroatoms. The number of aliphatic imine (C=N–C) groups is 1. The molecular weight excluding hydrogens is 462 g/mol. The van der Waals surface area contributed by atoms with Crippen molar-refractivity contribution in [3.05, 3.63) is 102 Å². The number of methoxy groups -OCH3 is 1. The Kier molecular flexibility index (Phi) is 8.42. The lowest BCUT2D eigenvalue weighted by Gasteiger charge is -2.44. The van der Waals surface area contributed by atoms with E-state index in [1.807, 2.05) is 59.6 Å². The summed E-state index contributed by atoms with van der Waals surface area (Å²) in [5.41, 5.74) is 8.90. The van der Waals surface area contributed by atoms with Gasteiger partial charge >= 0.3 is 0 Å². The molecule has 1 fully saturated rings. The van der Waals surface area contributed by atoms with Gasteiger partial charge < -0.3 is 20.7 Å². The van der Waals surface area contributed by atoms with Crippen LogP contribution in [0.1, 0.15) is 47.2 Å². The zero-order valence-corrected chi connectivity index (χ0v) is 21.1. The molecule has 3 N–H and O–H groups in total. The number of carbonyl (C=O) groups is 1. The highest BCUT2D eigenvalue weighted by atomic mass is 16.5. The Balaban J connectivity index is 1.54. The zero-order chi connectivity index (χ0) is 26.1. The lowest BCUT2D eigenvalue weighted by atomic mass is 9.67. The van der Waals surface area contributed by atoms with Gasteiger partial charge in [0.05, 0.1) is 12.7 Å². The summed E-state index contributed by atoms with van der Waals surface area (Å²) in [4.78, 5) is 19.0. The van der Waals surface area contributed by atoms with Crippen LogP contribution >= 0.6 is 0 Å². The Hall–Kier alpha value is -4.31. The van der Waals surface area contributed by atoms with Crippen LogP contribution in [-0.2, 0) is 12.0 Å². The number of hydrogen-bond acceptors (Lipinski definition) is 4. The summed E-state index contributed by atoms with van der Waals surface area (Å²) in [5.74, 6) is 0.653. The van der Waals surface area contributed by atoms with Crippen molar-refractivity contribution in [1.29, 1.82) is 5.26 Å². The standard InChI is InChI=1S/C30H33N5O2/c1-37-27-15-9-8-14-26(27)28(36)33-21-30(24-12-6-3-7-13-24)18-16-25(17-19-30)35(29(32)34-22-31)20-23-10-4-2-5-11-23/h2-15,25H,16-21H2,1H3,(H2,32,34)(H,33,36)/t25-,30+. The van der Waals surface area contributed by atoms with E-state index in [9.17, 15) is 4.79 Å². The van der Waals surface area contributed by atoms with Gasteiger partial charge in [0.25, 0.3) is 5.91 Å². The van der Waals surface area contributed by atoms with Crippen LogP contribution in [0.4, 0.5) is 0 Å². The number of benzene rings is 3. The van der Waals surface area contributed by atoms with Crippen LogP contribution in [-0.4, -0.2) is 36.5 Å². The van der Waals surface area contributed by atoms with Crippen LogP contribution in [0, 0.1) is 11.5 Å². The molecular formula is C30H33N5O2. The molecule has 0 unspecified atom stereocenters. The first-order valence-electron chi connectivity index (χ1n) is 12.6. The maximum atomic E-state index is 13.1. The first kappa shape index (κ1) is 25.8. The van der Waals surface area contributed by atoms with Gasteiger partial charge in [0.1, 0.15) is 5.75 Å². The minimum absolute atomic E-state index is 0.138. The summed E-state index contributed by atoms with van der Waals surface area (Å²) in [6.07, 6.45) is 5.27. The fraction of sp³-hybridized carbons (Fsp3) is 0.300. The molecule has 1 aliphatic carbocycles. The zero-order valence-electron chi connectivity index (χ0n) is 21.1. The summed E-state index contributed by atoms with van der Waals surface area (Å²) < 4.78 is 5.39. The van der Waals surface area contributed by atoms with E-state index in [2.05, 4.69) is 34.6 Å². The van der Waals surface area contributed by atoms with Crippen LogP contribution in [0.15, 0.2) is 89.9 Å². The van der Waals surface area contributed by atoms with Gasteiger partial charge in [0, 0.05) is 24.5 Å². The molecule has 1 aliphatic rings. The van der Waals surface area contributed by atoms with E-state index in [4.69, 9.17) is 15.7 Å². The number of para-hydroxylation sites is 1. The van der Waals surface area contributed by atoms with Gasteiger partial charge in [0.15, 0.2) is 0 Å². The minimum atomic E-state index is -0.213. The van der Waals surface area contributed by atoms with Crippen molar-refractivity contribution in [3.63, 3.8) is 0 Å². The number of nitriles is 1. The van der Waals surface area contributed by atoms with E-state index in [1.54, 1.807) is 19.2 Å². The van der Waals surface area contributed by atoms with Crippen LogP contribution in [0.5, 0.6) is 5.75 Å². The first-order chi connectivity index (χ1) is 18.1. The van der Waals surface area contributed by atoms with Gasteiger partial charge in [-0.2, -0.15) is 5.26 Å². The Morgan fingerprint density at radius 3 is 2.32 bits per heavy atom. The van der Waals surface area contributed by atoms with E-state index in [1.165, 1.54) is 5.56 Å². The smallest absolute Gasteiger partial charge is 0.255 e. The van der Waals surface area contributed by atoms with Crippen molar-refractivity contribution in [2.24, 2.45) is 10.7 Å². The van der Waals surface area contributed by atoms with E-state index >= 15 is 0 Å². The fourth-order valence-corrected chi connectivity index (χ4v) is 5.30. The SMILES string of the molecule is COc1ccccc1C(=O)NC[C@]1(c2ccccc2)CC[C@@H](N(Cc2ccccc2)C(N)=NC#N)CC1. The summed E-state index contributed by atoms with van der Waals surface area (Å²) >= 11 is 0. The van der Waals surface area contributed by atoms with E-state index in [-0.39, 0.29) is 23.3 Å². The molecule has 0 saturated heterocycles. The minimum Gasteiger partial charge on any atom is -0.496 e. The number of carbonyl (C=O) groups excluding carboxylic acids is 1. The number of amides is 1. The third kappa shape index (κ3) is 6.10. The highest BCUT2D eigenvalue weighted by Gasteiger charge is 2.39. The number of nitrogens with zero attached hydrogens (tertiary/aromatic N) is 3. The maximum Gasteiger partial charge on any atom is 0.255 e. The van der Waals surface area contributed by atoms with Crippen molar-refractivity contribution >= 4 is 11.9 Å². The predicted molar refractivity (Wildman–Crippen MR) is 145 cm³/mol. The molecule has 7 nitrogen and oxygen atoms in total. The largest absolute Gasteiger partial charge is 0.496 e. The molecule has 190 valence electrons. The van der Waals surface area contributed by atoms with Gasteiger partial charge in [-0.05, 0) is 48.9 Å². The molecule has 1 amide bonds. The second-order valence-electron chi connectivity index (χ2n) is 9.44. The summed E-state index contributed by atoms with van der Waals surface area (Å²) in [5, 5.41) is 12.3. The highest BCUT2D eigenvalue weighted by Crippen LogP contribution is 2.41. The van der Waals surface area contributed by atoms with Crippen molar-refractivity contribution in [2.45, 2.75) is 43.7 Å². The lowest BCUT2D eigenvalue weighted by molar-refractivity contribution is 0.0925. The van der Waals surface area contributed by atoms with Crippen LogP contribution < -0.4 is 15.8 Å². The summed E-state index contributed by atoms with van der Waals surface area (Å²) in [7, 11) is 1.57. The molecule has 0 atom stereocenters. The lowest BCUT2D eigenvalue weighted by Crippen LogP contribution is -2.50. The molecule has 3 aromatic rings. The molecule has 37 heavy (non-hydrogen) atoms. The van der Waals surface area contributed by atoms with Crippen LogP contribution in [0.25, 0.3) is 0 Å². The van der Waals surface area contributed by atoms with Crippen molar-refractivity contribution in [2.75, 3.05) is 13.7 Å². The molecule has 0 heterocycles. The van der Waals surface area contributed by atoms with Gasteiger partial charge in [-0.1, -0.05) is 72.8 Å². The number of hydrogen-bond donors (Lipinski definition) is 2. The van der Waals surface area contributed by atoms with E-state index < -0.39 is 0 Å². The van der Waals surface area contributed by atoms with Gasteiger partial charge in [-0.3, -0.25) is 4.79 Å². The topological polar surface area (TPSA) is 104 Å². The summed E-state index contributed by atoms with van der Waals surface area (Å²) in [6.45, 7) is 1.10. The Morgan fingerprint density at radius 1 is 1.05 bits per heavy atom. The van der Waals surface area contributed by atoms with Crippen LogP contribution in [0.3, 0.4) is 0 Å². The normalized spacial score (nSPS) is 19.5. The quantitative estimate of drug-likeness (QED) is 0.270. The highest BCUT2D eigenvalue weighted by molar-refractivity contribution is 5.97. The molecule has 0 spiro atoms. The second-order valence-corrected chi connectivity index (χ2v) is 9.44. The molecule has 3 aromatic carbocycles. The molecule has 0 aliphatic heterocycles. The van der Waals surface area contributed by atoms with E-state index in [0.717, 1.165) is 31.2 Å². The number of nitrogens with two attached hydrogens (primary N) is 1. The fourth-order valence-electron chi connectivity index (χ4n) is 5.30. The molecule has 0 radical (unpaired) electrons. The average Bonchev–Trinajstić information content (AvgIpc) is 2.96. The molecule has 1 saturated carbocycles. The monoisotopic (exact) mass is 495 g/mol. The number of ether oxygens (including phenoxy) is 1. The van der Waals surface area contributed by atoms with Crippen LogP contribution in [0.2, 0.25) is 0 Å². The Bertz CT molecular complexity index is 1250. The molecule has 0 bridgehead atoms. The Labute approximate surface area is 218 Å². The Morgan fingerprint density at radius 2 is 1.68 bits per heavy atom. The maximum absolute atomic E-state index is 13.1. The number of nitrogens with one attached hydrogen (secondary N) is 1. The van der Waals surface area contributed by atoms with Gasteiger partial charge in [-0.15, -0.1) is 4.99 Å². The van der Waals surface area contributed by atoms with Gasteiger partial charge in [0.2, 0.25) is 12.2 Å². The third-order valence-electron chi connectivity index (χ3n) is 7.33. The average molecular weight is 496 g/mol. The van der Waals surface area contributed by atoms with Crippen molar-refractivity contribution in [3.8, 4) is 11.9 Å². The number of rotatable bonds is 8. The predicted octanol–water partition coefficient (Wildman–Crippen LogP) is 4.60. The third-order valence-corrected chi connectivity index (χ3v) is 7.33. The van der Waals surface area contributed by atoms with Crippen molar-refractivity contribution < 1.29 is 9.53 Å². The second kappa shape index (κ2) is 12.1. The first-order valence-corrected chi connectivity index (χ1v) is 12.6. The van der Waals surface area contributed by atoms with Gasteiger partial charge in [-0.25, -0.2) is 0 Å².